The maximum Gasteiger partial charge on any atom is 0.226 e. The van der Waals surface area contributed by atoms with Crippen LogP contribution in [0.15, 0.2) is 23.0 Å². The first kappa shape index (κ1) is 19.5. The molecule has 1 aromatic heterocycles. The molecule has 6 heteroatoms. The standard InChI is InChI=1S/C22H32N2O4/c25-13-12-24(20(26)6-1-16-9-14-28-15-16)19-7-10-23(11-8-19)22(27)21(17-2-3-17)18-4-5-18/h9,14-15,17-19,21,25H,1-8,10-13H2. The number of carbonyl (C=O) groups is 2. The van der Waals surface area contributed by atoms with E-state index >= 15 is 0 Å². The zero-order valence-corrected chi connectivity index (χ0v) is 16.6. The van der Waals surface area contributed by atoms with E-state index in [0.29, 0.717) is 37.1 Å². The highest BCUT2D eigenvalue weighted by Crippen LogP contribution is 2.50. The molecule has 0 spiro atoms. The van der Waals surface area contributed by atoms with Gasteiger partial charge in [-0.2, -0.15) is 0 Å². The molecule has 0 atom stereocenters. The minimum absolute atomic E-state index is 0.0258. The predicted molar refractivity (Wildman–Crippen MR) is 104 cm³/mol. The number of piperidine rings is 1. The van der Waals surface area contributed by atoms with Crippen LogP contribution in [0.1, 0.15) is 50.5 Å². The van der Waals surface area contributed by atoms with Gasteiger partial charge in [0.15, 0.2) is 0 Å². The van der Waals surface area contributed by atoms with Gasteiger partial charge >= 0.3 is 0 Å². The van der Waals surface area contributed by atoms with Gasteiger partial charge in [-0.15, -0.1) is 0 Å². The Morgan fingerprint density at radius 2 is 1.82 bits per heavy atom. The van der Waals surface area contributed by atoms with Crippen molar-refractivity contribution in [1.82, 2.24) is 9.80 Å². The topological polar surface area (TPSA) is 74.0 Å². The van der Waals surface area contributed by atoms with E-state index in [1.165, 1.54) is 25.7 Å². The number of nitrogens with zero attached hydrogens (tertiary/aromatic N) is 2. The van der Waals surface area contributed by atoms with Gasteiger partial charge in [0.1, 0.15) is 0 Å². The Morgan fingerprint density at radius 1 is 1.14 bits per heavy atom. The molecule has 0 bridgehead atoms. The van der Waals surface area contributed by atoms with Crippen LogP contribution in [0.4, 0.5) is 0 Å². The van der Waals surface area contributed by atoms with Crippen molar-refractivity contribution < 1.29 is 19.1 Å². The van der Waals surface area contributed by atoms with Crippen molar-refractivity contribution in [3.05, 3.63) is 24.2 Å². The summed E-state index contributed by atoms with van der Waals surface area (Å²) in [5.41, 5.74) is 1.02. The smallest absolute Gasteiger partial charge is 0.226 e. The van der Waals surface area contributed by atoms with Crippen molar-refractivity contribution in [2.45, 2.75) is 57.4 Å². The summed E-state index contributed by atoms with van der Waals surface area (Å²) in [6.07, 6.45) is 10.9. The lowest BCUT2D eigenvalue weighted by atomic mass is 9.94. The highest BCUT2D eigenvalue weighted by atomic mass is 16.3. The first-order valence-corrected chi connectivity index (χ1v) is 10.9. The van der Waals surface area contributed by atoms with Crippen LogP contribution in [-0.4, -0.2) is 59.0 Å². The van der Waals surface area contributed by atoms with Gasteiger partial charge in [0.05, 0.1) is 19.1 Å². The maximum absolute atomic E-state index is 13.0. The minimum atomic E-state index is -0.0258. The molecule has 28 heavy (non-hydrogen) atoms. The van der Waals surface area contributed by atoms with Crippen LogP contribution in [0.25, 0.3) is 0 Å². The zero-order valence-electron chi connectivity index (χ0n) is 16.6. The highest BCUT2D eigenvalue weighted by Gasteiger charge is 2.47. The van der Waals surface area contributed by atoms with Gasteiger partial charge < -0.3 is 19.3 Å². The molecule has 4 rings (SSSR count). The van der Waals surface area contributed by atoms with Gasteiger partial charge in [-0.05, 0) is 68.4 Å². The third kappa shape index (κ3) is 4.59. The number of aryl methyl sites for hydroxylation is 1. The summed E-state index contributed by atoms with van der Waals surface area (Å²) < 4.78 is 5.06. The molecular weight excluding hydrogens is 356 g/mol. The van der Waals surface area contributed by atoms with Crippen LogP contribution >= 0.6 is 0 Å². The molecule has 154 valence electrons. The average Bonchev–Trinajstić information content (AvgIpc) is 3.66. The fourth-order valence-corrected chi connectivity index (χ4v) is 4.76. The molecule has 2 heterocycles. The quantitative estimate of drug-likeness (QED) is 0.705. The van der Waals surface area contributed by atoms with Gasteiger partial charge in [-0.1, -0.05) is 0 Å². The summed E-state index contributed by atoms with van der Waals surface area (Å²) in [7, 11) is 0. The number of hydrogen-bond donors (Lipinski definition) is 1. The molecule has 3 fully saturated rings. The molecule has 1 saturated heterocycles. The zero-order chi connectivity index (χ0) is 19.5. The molecule has 1 N–H and O–H groups in total. The number of aliphatic hydroxyl groups is 1. The molecular formula is C22H32N2O4. The van der Waals surface area contributed by atoms with Crippen LogP contribution in [0.5, 0.6) is 0 Å². The molecule has 2 amide bonds. The fourth-order valence-electron chi connectivity index (χ4n) is 4.76. The number of carbonyl (C=O) groups excluding carboxylic acids is 2. The number of hydrogen-bond acceptors (Lipinski definition) is 4. The lowest BCUT2D eigenvalue weighted by molar-refractivity contribution is -0.140. The predicted octanol–water partition coefficient (Wildman–Crippen LogP) is 2.46. The van der Waals surface area contributed by atoms with E-state index in [0.717, 1.165) is 31.5 Å². The Balaban J connectivity index is 1.29. The summed E-state index contributed by atoms with van der Waals surface area (Å²) in [6, 6.07) is 2.00. The SMILES string of the molecule is O=C(C(C1CC1)C1CC1)N1CCC(N(CCO)C(=O)CCc2ccoc2)CC1. The van der Waals surface area contributed by atoms with Crippen molar-refractivity contribution in [3.63, 3.8) is 0 Å². The van der Waals surface area contributed by atoms with Crippen LogP contribution in [0.2, 0.25) is 0 Å². The Morgan fingerprint density at radius 3 is 2.36 bits per heavy atom. The van der Waals surface area contributed by atoms with Crippen LogP contribution in [-0.2, 0) is 16.0 Å². The van der Waals surface area contributed by atoms with E-state index in [-0.39, 0.29) is 24.5 Å². The van der Waals surface area contributed by atoms with Crippen molar-refractivity contribution in [2.75, 3.05) is 26.2 Å². The number of aliphatic hydroxyl groups excluding tert-OH is 1. The largest absolute Gasteiger partial charge is 0.472 e. The molecule has 0 unspecified atom stereocenters. The normalized spacial score (nSPS) is 20.6. The second-order valence-corrected chi connectivity index (χ2v) is 8.70. The molecule has 1 aromatic rings. The second-order valence-electron chi connectivity index (χ2n) is 8.70. The van der Waals surface area contributed by atoms with Crippen molar-refractivity contribution in [2.24, 2.45) is 17.8 Å². The Labute approximate surface area is 166 Å². The van der Waals surface area contributed by atoms with Crippen LogP contribution < -0.4 is 0 Å². The average molecular weight is 389 g/mol. The summed E-state index contributed by atoms with van der Waals surface area (Å²) in [4.78, 5) is 29.7. The lowest BCUT2D eigenvalue weighted by Crippen LogP contribution is -2.51. The van der Waals surface area contributed by atoms with Gasteiger partial charge in [-0.25, -0.2) is 0 Å². The maximum atomic E-state index is 13.0. The number of amides is 2. The van der Waals surface area contributed by atoms with Gasteiger partial charge in [0.2, 0.25) is 11.8 Å². The summed E-state index contributed by atoms with van der Waals surface area (Å²) in [6.45, 7) is 1.81. The summed E-state index contributed by atoms with van der Waals surface area (Å²) in [5.74, 6) is 1.97. The summed E-state index contributed by atoms with van der Waals surface area (Å²) in [5, 5.41) is 9.44. The highest BCUT2D eigenvalue weighted by molar-refractivity contribution is 5.80. The van der Waals surface area contributed by atoms with Crippen LogP contribution in [0, 0.1) is 17.8 Å². The molecule has 2 aliphatic carbocycles. The van der Waals surface area contributed by atoms with E-state index < -0.39 is 0 Å². The van der Waals surface area contributed by atoms with E-state index in [1.807, 2.05) is 15.9 Å². The minimum Gasteiger partial charge on any atom is -0.472 e. The molecule has 1 aliphatic heterocycles. The Kier molecular flexibility index (Phi) is 6.04. The number of rotatable bonds is 9. The van der Waals surface area contributed by atoms with Gasteiger partial charge in [0.25, 0.3) is 0 Å². The van der Waals surface area contributed by atoms with Gasteiger partial charge in [0, 0.05) is 38.0 Å². The molecule has 3 aliphatic rings. The molecule has 6 nitrogen and oxygen atoms in total. The second kappa shape index (κ2) is 8.68. The third-order valence-electron chi connectivity index (χ3n) is 6.63. The van der Waals surface area contributed by atoms with Crippen molar-refractivity contribution in [3.8, 4) is 0 Å². The number of likely N-dealkylation sites (tertiary alicyclic amines) is 1. The monoisotopic (exact) mass is 388 g/mol. The first-order chi connectivity index (χ1) is 13.7. The van der Waals surface area contributed by atoms with E-state index in [1.54, 1.807) is 12.5 Å². The molecule has 0 radical (unpaired) electrons. The van der Waals surface area contributed by atoms with Crippen molar-refractivity contribution in [1.29, 1.82) is 0 Å². The lowest BCUT2D eigenvalue weighted by Gasteiger charge is -2.39. The molecule has 0 aromatic carbocycles. The molecule has 2 saturated carbocycles. The fraction of sp³-hybridized carbons (Fsp3) is 0.727. The van der Waals surface area contributed by atoms with E-state index in [9.17, 15) is 14.7 Å². The first-order valence-electron chi connectivity index (χ1n) is 10.9. The number of furan rings is 1. The van der Waals surface area contributed by atoms with Crippen molar-refractivity contribution >= 4 is 11.8 Å². The third-order valence-corrected chi connectivity index (χ3v) is 6.63. The van der Waals surface area contributed by atoms with Gasteiger partial charge in [-0.3, -0.25) is 9.59 Å². The summed E-state index contributed by atoms with van der Waals surface area (Å²) >= 11 is 0. The van der Waals surface area contributed by atoms with E-state index in [4.69, 9.17) is 4.42 Å². The Hall–Kier alpha value is -1.82. The Bertz CT molecular complexity index is 646. The van der Waals surface area contributed by atoms with Crippen LogP contribution in [0.3, 0.4) is 0 Å². The van der Waals surface area contributed by atoms with E-state index in [2.05, 4.69) is 0 Å².